The summed E-state index contributed by atoms with van der Waals surface area (Å²) in [6, 6.07) is 6.22. The van der Waals surface area contributed by atoms with Crippen LogP contribution in [0.15, 0.2) is 36.7 Å². The summed E-state index contributed by atoms with van der Waals surface area (Å²) in [5, 5.41) is 10.6. The molecular formula is C10H7N3O2S. The summed E-state index contributed by atoms with van der Waals surface area (Å²) in [7, 11) is 0. The van der Waals surface area contributed by atoms with Gasteiger partial charge in [0.2, 0.25) is 0 Å². The number of aromatic amines is 1. The summed E-state index contributed by atoms with van der Waals surface area (Å²) in [5.74, 6) is 0. The number of benzene rings is 1. The fourth-order valence-electron chi connectivity index (χ4n) is 1.32. The van der Waals surface area contributed by atoms with Crippen molar-refractivity contribution < 1.29 is 4.92 Å². The lowest BCUT2D eigenvalue weighted by Gasteiger charge is -1.99. The summed E-state index contributed by atoms with van der Waals surface area (Å²) in [6.45, 7) is 0. The number of rotatable bonds is 2. The maximum atomic E-state index is 10.6. The van der Waals surface area contributed by atoms with Crippen molar-refractivity contribution >= 4 is 17.9 Å². The zero-order valence-electron chi connectivity index (χ0n) is 8.08. The summed E-state index contributed by atoms with van der Waals surface area (Å²) in [6.07, 6.45) is 3.17. The van der Waals surface area contributed by atoms with Gasteiger partial charge in [0.15, 0.2) is 0 Å². The summed E-state index contributed by atoms with van der Waals surface area (Å²) < 4.78 is 0.461. The highest BCUT2D eigenvalue weighted by atomic mass is 32.1. The molecule has 0 aliphatic heterocycles. The van der Waals surface area contributed by atoms with Gasteiger partial charge in [-0.25, -0.2) is 0 Å². The number of hydrogen-bond acceptors (Lipinski definition) is 4. The highest BCUT2D eigenvalue weighted by Gasteiger charge is 2.08. The van der Waals surface area contributed by atoms with Crippen LogP contribution < -0.4 is 0 Å². The van der Waals surface area contributed by atoms with Crippen LogP contribution in [0.2, 0.25) is 0 Å². The molecule has 1 heterocycles. The number of aromatic nitrogens is 2. The van der Waals surface area contributed by atoms with E-state index >= 15 is 0 Å². The van der Waals surface area contributed by atoms with Crippen LogP contribution in [0, 0.1) is 14.8 Å². The molecule has 0 radical (unpaired) electrons. The molecule has 0 atom stereocenters. The molecule has 0 spiro atoms. The zero-order valence-corrected chi connectivity index (χ0v) is 8.90. The number of hydrogen-bond donors (Lipinski definition) is 1. The molecule has 5 nitrogen and oxygen atoms in total. The number of H-pyrrole nitrogens is 1. The Kier molecular flexibility index (Phi) is 2.74. The molecule has 2 aromatic rings. The van der Waals surface area contributed by atoms with Crippen molar-refractivity contribution in [3.63, 3.8) is 0 Å². The maximum absolute atomic E-state index is 10.6. The van der Waals surface area contributed by atoms with E-state index in [0.717, 1.165) is 0 Å². The van der Waals surface area contributed by atoms with Crippen LogP contribution in [0.4, 0.5) is 5.69 Å². The van der Waals surface area contributed by atoms with Gasteiger partial charge in [-0.3, -0.25) is 15.1 Å². The zero-order chi connectivity index (χ0) is 11.5. The third kappa shape index (κ3) is 1.96. The van der Waals surface area contributed by atoms with E-state index in [2.05, 4.69) is 9.97 Å². The van der Waals surface area contributed by atoms with E-state index in [0.29, 0.717) is 15.9 Å². The predicted molar refractivity (Wildman–Crippen MR) is 61.5 cm³/mol. The smallest absolute Gasteiger partial charge is 0.270 e. The molecule has 1 aromatic carbocycles. The van der Waals surface area contributed by atoms with E-state index in [1.54, 1.807) is 24.5 Å². The fourth-order valence-corrected chi connectivity index (χ4v) is 1.56. The van der Waals surface area contributed by atoms with Gasteiger partial charge in [-0.2, -0.15) is 0 Å². The van der Waals surface area contributed by atoms with E-state index in [-0.39, 0.29) is 5.69 Å². The Bertz CT molecular complexity index is 594. The molecule has 0 saturated heterocycles. The minimum atomic E-state index is -0.445. The lowest BCUT2D eigenvalue weighted by atomic mass is 10.1. The second-order valence-electron chi connectivity index (χ2n) is 3.07. The average Bonchev–Trinajstić information content (AvgIpc) is 2.30. The number of nitro groups is 1. The fraction of sp³-hybridized carbons (Fsp3) is 0. The lowest BCUT2D eigenvalue weighted by molar-refractivity contribution is -0.384. The van der Waals surface area contributed by atoms with Crippen molar-refractivity contribution in [3.05, 3.63) is 51.4 Å². The third-order valence-electron chi connectivity index (χ3n) is 2.04. The van der Waals surface area contributed by atoms with E-state index in [9.17, 15) is 10.1 Å². The molecule has 1 aromatic heterocycles. The summed E-state index contributed by atoms with van der Waals surface area (Å²) in [5.41, 5.74) is 1.20. The molecule has 1 N–H and O–H groups in total. The van der Waals surface area contributed by atoms with Crippen molar-refractivity contribution in [2.24, 2.45) is 0 Å². The first-order chi connectivity index (χ1) is 7.68. The van der Waals surface area contributed by atoms with Gasteiger partial charge < -0.3 is 4.98 Å². The Morgan fingerprint density at radius 3 is 2.94 bits per heavy atom. The van der Waals surface area contributed by atoms with E-state index in [4.69, 9.17) is 12.2 Å². The van der Waals surface area contributed by atoms with E-state index < -0.39 is 4.92 Å². The molecule has 0 aliphatic rings. The minimum Gasteiger partial charge on any atom is -0.350 e. The molecule has 0 bridgehead atoms. The van der Waals surface area contributed by atoms with Gasteiger partial charge in [0.05, 0.1) is 4.92 Å². The normalized spacial score (nSPS) is 10.0. The molecule has 0 amide bonds. The summed E-state index contributed by atoms with van der Waals surface area (Å²) >= 11 is 5.06. The van der Waals surface area contributed by atoms with Crippen molar-refractivity contribution in [1.82, 2.24) is 9.97 Å². The largest absolute Gasteiger partial charge is 0.350 e. The van der Waals surface area contributed by atoms with Gasteiger partial charge in [-0.1, -0.05) is 24.4 Å². The molecule has 0 unspecified atom stereocenters. The molecule has 2 rings (SSSR count). The number of nitro benzene ring substituents is 1. The monoisotopic (exact) mass is 233 g/mol. The first-order valence-corrected chi connectivity index (χ1v) is 4.88. The average molecular weight is 233 g/mol. The topological polar surface area (TPSA) is 71.8 Å². The Morgan fingerprint density at radius 2 is 2.25 bits per heavy atom. The van der Waals surface area contributed by atoms with Crippen LogP contribution in [-0.2, 0) is 0 Å². The van der Waals surface area contributed by atoms with Crippen LogP contribution in [0.25, 0.3) is 11.3 Å². The Labute approximate surface area is 95.9 Å². The van der Waals surface area contributed by atoms with Gasteiger partial charge >= 0.3 is 0 Å². The molecule has 6 heteroatoms. The van der Waals surface area contributed by atoms with E-state index in [1.807, 2.05) is 0 Å². The molecule has 16 heavy (non-hydrogen) atoms. The third-order valence-corrected chi connectivity index (χ3v) is 2.35. The molecule has 0 fully saturated rings. The Hall–Kier alpha value is -2.08. The lowest BCUT2D eigenvalue weighted by Crippen LogP contribution is -1.90. The SMILES string of the molecule is O=[N+]([O-])c1cccc(-c2ncc[nH]c2=S)c1. The van der Waals surface area contributed by atoms with Crippen LogP contribution in [-0.4, -0.2) is 14.9 Å². The van der Waals surface area contributed by atoms with Gasteiger partial charge in [0.1, 0.15) is 10.3 Å². The standard InChI is InChI=1S/C10H7N3O2S/c14-13(15)8-3-1-2-7(6-8)9-10(16)12-5-4-11-9/h1-6H,(H,12,16). The van der Waals surface area contributed by atoms with Gasteiger partial charge in [-0.05, 0) is 0 Å². The van der Waals surface area contributed by atoms with Crippen molar-refractivity contribution in [2.75, 3.05) is 0 Å². The highest BCUT2D eigenvalue weighted by molar-refractivity contribution is 7.71. The van der Waals surface area contributed by atoms with Crippen molar-refractivity contribution in [1.29, 1.82) is 0 Å². The Balaban J connectivity index is 2.57. The second kappa shape index (κ2) is 4.19. The highest BCUT2D eigenvalue weighted by Crippen LogP contribution is 2.21. The van der Waals surface area contributed by atoms with Gasteiger partial charge in [0.25, 0.3) is 5.69 Å². The number of non-ortho nitro benzene ring substituents is 1. The quantitative estimate of drug-likeness (QED) is 0.491. The van der Waals surface area contributed by atoms with E-state index in [1.165, 1.54) is 12.1 Å². The number of nitrogens with zero attached hydrogens (tertiary/aromatic N) is 2. The Morgan fingerprint density at radius 1 is 1.44 bits per heavy atom. The first kappa shape index (κ1) is 10.4. The van der Waals surface area contributed by atoms with Gasteiger partial charge in [0, 0.05) is 30.1 Å². The molecule has 0 aliphatic carbocycles. The molecule has 0 saturated carbocycles. The molecule has 80 valence electrons. The minimum absolute atomic E-state index is 0.0255. The second-order valence-corrected chi connectivity index (χ2v) is 3.48. The maximum Gasteiger partial charge on any atom is 0.270 e. The first-order valence-electron chi connectivity index (χ1n) is 4.47. The van der Waals surface area contributed by atoms with Crippen LogP contribution >= 0.6 is 12.2 Å². The van der Waals surface area contributed by atoms with Crippen LogP contribution in [0.1, 0.15) is 0 Å². The van der Waals surface area contributed by atoms with Crippen LogP contribution in [0.5, 0.6) is 0 Å². The van der Waals surface area contributed by atoms with Crippen molar-refractivity contribution in [3.8, 4) is 11.3 Å². The predicted octanol–water partition coefficient (Wildman–Crippen LogP) is 2.71. The summed E-state index contributed by atoms with van der Waals surface area (Å²) in [4.78, 5) is 17.1. The van der Waals surface area contributed by atoms with Gasteiger partial charge in [-0.15, -0.1) is 0 Å². The molecular weight excluding hydrogens is 226 g/mol. The van der Waals surface area contributed by atoms with Crippen LogP contribution in [0.3, 0.4) is 0 Å². The number of nitrogens with one attached hydrogen (secondary N) is 1. The van der Waals surface area contributed by atoms with Crippen molar-refractivity contribution in [2.45, 2.75) is 0 Å².